The van der Waals surface area contributed by atoms with Gasteiger partial charge in [0, 0.05) is 6.61 Å². The molecule has 0 radical (unpaired) electrons. The molecule has 0 heterocycles. The Morgan fingerprint density at radius 2 is 1.37 bits per heavy atom. The Morgan fingerprint density at radius 3 is 1.78 bits per heavy atom. The van der Waals surface area contributed by atoms with Gasteiger partial charge in [-0.1, -0.05) is 64.7 Å². The Balaban J connectivity index is 4.26. The SMILES string of the molecule is CCCCCCCCCCCCOC(=O)C(CC(=O)O)(OCC)S(=O)(=O)O. The van der Waals surface area contributed by atoms with Gasteiger partial charge >= 0.3 is 27.0 Å². The minimum atomic E-state index is -5.13. The highest BCUT2D eigenvalue weighted by Crippen LogP contribution is 2.25. The Bertz CT molecular complexity index is 531. The molecule has 0 aromatic heterocycles. The van der Waals surface area contributed by atoms with E-state index in [2.05, 4.69) is 6.92 Å². The predicted octanol–water partition coefficient (Wildman–Crippen LogP) is 3.55. The van der Waals surface area contributed by atoms with Gasteiger partial charge < -0.3 is 14.6 Å². The number of carbonyl (C=O) groups is 2. The van der Waals surface area contributed by atoms with Crippen LogP contribution in [0.2, 0.25) is 0 Å². The molecule has 160 valence electrons. The van der Waals surface area contributed by atoms with Crippen molar-refractivity contribution in [3.63, 3.8) is 0 Å². The third-order valence-corrected chi connectivity index (χ3v) is 5.48. The maximum absolute atomic E-state index is 12.1. The number of carboxylic acid groups (broad SMARTS) is 1. The van der Waals surface area contributed by atoms with Gasteiger partial charge in [0.15, 0.2) is 0 Å². The van der Waals surface area contributed by atoms with Crippen LogP contribution < -0.4 is 0 Å². The van der Waals surface area contributed by atoms with E-state index in [4.69, 9.17) is 14.6 Å². The first kappa shape index (κ1) is 25.8. The molecule has 0 spiro atoms. The van der Waals surface area contributed by atoms with Crippen LogP contribution in [-0.4, -0.2) is 48.2 Å². The first-order valence-electron chi connectivity index (χ1n) is 9.71. The zero-order valence-electron chi connectivity index (χ0n) is 16.4. The van der Waals surface area contributed by atoms with E-state index in [0.717, 1.165) is 19.3 Å². The summed E-state index contributed by atoms with van der Waals surface area (Å²) in [6, 6.07) is 0. The Hall–Kier alpha value is -1.19. The fourth-order valence-corrected chi connectivity index (χ4v) is 3.59. The van der Waals surface area contributed by atoms with Crippen molar-refractivity contribution in [3.05, 3.63) is 0 Å². The van der Waals surface area contributed by atoms with Crippen LogP contribution in [0.1, 0.15) is 84.5 Å². The van der Waals surface area contributed by atoms with Crippen molar-refractivity contribution in [2.24, 2.45) is 0 Å². The lowest BCUT2D eigenvalue weighted by Crippen LogP contribution is -2.51. The fraction of sp³-hybridized carbons (Fsp3) is 0.889. The molecule has 9 heteroatoms. The van der Waals surface area contributed by atoms with Crippen LogP contribution >= 0.6 is 0 Å². The minimum absolute atomic E-state index is 0.0563. The molecule has 0 aliphatic heterocycles. The Kier molecular flexibility index (Phi) is 13.3. The van der Waals surface area contributed by atoms with Crippen molar-refractivity contribution in [3.8, 4) is 0 Å². The Morgan fingerprint density at radius 1 is 0.889 bits per heavy atom. The first-order valence-corrected chi connectivity index (χ1v) is 11.1. The van der Waals surface area contributed by atoms with Crippen molar-refractivity contribution < 1.29 is 37.1 Å². The number of hydrogen-bond donors (Lipinski definition) is 2. The van der Waals surface area contributed by atoms with Crippen LogP contribution in [0, 0.1) is 0 Å². The van der Waals surface area contributed by atoms with Crippen LogP contribution in [-0.2, 0) is 29.2 Å². The summed E-state index contributed by atoms with van der Waals surface area (Å²) in [5.74, 6) is -3.00. The third kappa shape index (κ3) is 10.1. The molecule has 0 saturated carbocycles. The first-order chi connectivity index (χ1) is 12.7. The summed E-state index contributed by atoms with van der Waals surface area (Å²) >= 11 is 0. The maximum atomic E-state index is 12.1. The summed E-state index contributed by atoms with van der Waals surface area (Å²) in [5.41, 5.74) is 0. The van der Waals surface area contributed by atoms with Crippen LogP contribution in [0.5, 0.6) is 0 Å². The number of esters is 1. The molecule has 1 atom stereocenters. The summed E-state index contributed by atoms with van der Waals surface area (Å²) in [4.78, 5) is 20.2. The molecule has 0 saturated heterocycles. The smallest absolute Gasteiger partial charge is 0.357 e. The van der Waals surface area contributed by atoms with Crippen LogP contribution in [0.3, 0.4) is 0 Å². The van der Waals surface area contributed by atoms with Gasteiger partial charge in [0.1, 0.15) is 6.42 Å². The molecule has 1 unspecified atom stereocenters. The van der Waals surface area contributed by atoms with Crippen molar-refractivity contribution in [1.82, 2.24) is 0 Å². The van der Waals surface area contributed by atoms with Gasteiger partial charge in [-0.15, -0.1) is 0 Å². The molecular formula is C18H34O8S. The van der Waals surface area contributed by atoms with Gasteiger partial charge in [0.05, 0.1) is 6.61 Å². The van der Waals surface area contributed by atoms with Gasteiger partial charge in [0.2, 0.25) is 0 Å². The lowest BCUT2D eigenvalue weighted by Gasteiger charge is -2.26. The number of carbonyl (C=O) groups excluding carboxylic acids is 1. The van der Waals surface area contributed by atoms with E-state index < -0.39 is 33.4 Å². The largest absolute Gasteiger partial charge is 0.481 e. The number of hydrogen-bond acceptors (Lipinski definition) is 6. The van der Waals surface area contributed by atoms with Gasteiger partial charge in [-0.25, -0.2) is 4.79 Å². The molecule has 2 N–H and O–H groups in total. The van der Waals surface area contributed by atoms with Crippen LogP contribution in [0.15, 0.2) is 0 Å². The standard InChI is InChI=1S/C18H34O8S/c1-3-5-6-7-8-9-10-11-12-13-14-25-17(21)18(26-4-2,15-16(19)20)27(22,23)24/h3-15H2,1-2H3,(H,19,20)(H,22,23,24). The highest BCUT2D eigenvalue weighted by molar-refractivity contribution is 7.88. The highest BCUT2D eigenvalue weighted by atomic mass is 32.2. The molecule has 0 rings (SSSR count). The average Bonchev–Trinajstić information content (AvgIpc) is 2.57. The van der Waals surface area contributed by atoms with E-state index in [1.165, 1.54) is 45.4 Å². The van der Waals surface area contributed by atoms with E-state index in [-0.39, 0.29) is 13.2 Å². The summed E-state index contributed by atoms with van der Waals surface area (Å²) in [6.45, 7) is 3.24. The molecule has 0 aromatic carbocycles. The molecule has 0 bridgehead atoms. The van der Waals surface area contributed by atoms with E-state index in [0.29, 0.717) is 6.42 Å². The Labute approximate surface area is 162 Å². The zero-order chi connectivity index (χ0) is 20.8. The number of carboxylic acids is 1. The maximum Gasteiger partial charge on any atom is 0.357 e. The average molecular weight is 411 g/mol. The zero-order valence-corrected chi connectivity index (χ0v) is 17.3. The third-order valence-electron chi connectivity index (χ3n) is 4.22. The summed E-state index contributed by atoms with van der Waals surface area (Å²) in [5, 5.41) is 8.88. The monoisotopic (exact) mass is 410 g/mol. The van der Waals surface area contributed by atoms with E-state index in [1.54, 1.807) is 0 Å². The number of aliphatic carboxylic acids is 1. The van der Waals surface area contributed by atoms with E-state index in [1.807, 2.05) is 0 Å². The molecule has 8 nitrogen and oxygen atoms in total. The molecule has 0 aromatic rings. The summed E-state index contributed by atoms with van der Waals surface area (Å²) in [6.07, 6.45) is 9.61. The summed E-state index contributed by atoms with van der Waals surface area (Å²) in [7, 11) is -5.13. The lowest BCUT2D eigenvalue weighted by atomic mass is 10.1. The van der Waals surface area contributed by atoms with Crippen molar-refractivity contribution in [1.29, 1.82) is 0 Å². The molecule has 27 heavy (non-hydrogen) atoms. The fourth-order valence-electron chi connectivity index (χ4n) is 2.75. The molecule has 0 aliphatic carbocycles. The van der Waals surface area contributed by atoms with Crippen LogP contribution in [0.25, 0.3) is 0 Å². The molecule has 0 amide bonds. The minimum Gasteiger partial charge on any atom is -0.481 e. The number of ether oxygens (including phenoxy) is 2. The topological polar surface area (TPSA) is 127 Å². The molecular weight excluding hydrogens is 376 g/mol. The quantitative estimate of drug-likeness (QED) is 0.212. The van der Waals surface area contributed by atoms with E-state index in [9.17, 15) is 22.6 Å². The second-order valence-electron chi connectivity index (χ2n) is 6.55. The van der Waals surface area contributed by atoms with Crippen molar-refractivity contribution in [2.75, 3.05) is 13.2 Å². The second-order valence-corrected chi connectivity index (χ2v) is 8.16. The van der Waals surface area contributed by atoms with Crippen molar-refractivity contribution in [2.45, 2.75) is 89.4 Å². The van der Waals surface area contributed by atoms with Gasteiger partial charge in [-0.2, -0.15) is 8.42 Å². The van der Waals surface area contributed by atoms with Crippen LogP contribution in [0.4, 0.5) is 0 Å². The van der Waals surface area contributed by atoms with Gasteiger partial charge in [0.25, 0.3) is 0 Å². The number of unbranched alkanes of at least 4 members (excludes halogenated alkanes) is 9. The lowest BCUT2D eigenvalue weighted by molar-refractivity contribution is -0.167. The van der Waals surface area contributed by atoms with Gasteiger partial charge in [-0.3, -0.25) is 9.35 Å². The van der Waals surface area contributed by atoms with Crippen molar-refractivity contribution >= 4 is 22.1 Å². The molecule has 0 fully saturated rings. The van der Waals surface area contributed by atoms with E-state index >= 15 is 0 Å². The second kappa shape index (κ2) is 13.9. The molecule has 0 aliphatic rings. The highest BCUT2D eigenvalue weighted by Gasteiger charge is 2.55. The summed E-state index contributed by atoms with van der Waals surface area (Å²) < 4.78 is 42.2. The number of rotatable bonds is 17. The van der Waals surface area contributed by atoms with Gasteiger partial charge in [-0.05, 0) is 13.3 Å². The predicted molar refractivity (Wildman–Crippen MR) is 101 cm³/mol. The normalized spacial score (nSPS) is 13.9.